The van der Waals surface area contributed by atoms with Crippen LogP contribution in [0.5, 0.6) is 0 Å². The van der Waals surface area contributed by atoms with Crippen LogP contribution in [-0.2, 0) is 16.2 Å². The molecular formula is C23H20F4N4O3S2. The summed E-state index contributed by atoms with van der Waals surface area (Å²) in [6.45, 7) is 1.66. The van der Waals surface area contributed by atoms with E-state index in [9.17, 15) is 30.8 Å². The molecule has 0 radical (unpaired) electrons. The predicted octanol–water partition coefficient (Wildman–Crippen LogP) is 5.14. The third-order valence-electron chi connectivity index (χ3n) is 5.67. The van der Waals surface area contributed by atoms with E-state index in [2.05, 4.69) is 9.44 Å². The van der Waals surface area contributed by atoms with E-state index in [-0.39, 0.29) is 16.2 Å². The van der Waals surface area contributed by atoms with Crippen LogP contribution in [0.3, 0.4) is 0 Å². The van der Waals surface area contributed by atoms with Crippen LogP contribution in [0.15, 0.2) is 77.6 Å². The lowest BCUT2D eigenvalue weighted by molar-refractivity contribution is -0.137. The maximum absolute atomic E-state index is 13.5. The average Bonchev–Trinajstić information content (AvgIpc) is 3.31. The van der Waals surface area contributed by atoms with E-state index >= 15 is 0 Å². The Balaban J connectivity index is 1.71. The van der Waals surface area contributed by atoms with Crippen LogP contribution in [0.4, 0.5) is 23.2 Å². The monoisotopic (exact) mass is 540 g/mol. The highest BCUT2D eigenvalue weighted by Gasteiger charge is 2.35. The number of rotatable bonds is 6. The Morgan fingerprint density at radius 3 is 2.53 bits per heavy atom. The molecule has 2 aromatic rings. The summed E-state index contributed by atoms with van der Waals surface area (Å²) in [6.07, 6.45) is 1.06. The second-order valence-corrected chi connectivity index (χ2v) is 10.4. The first-order valence-corrected chi connectivity index (χ1v) is 12.7. The zero-order valence-electron chi connectivity index (χ0n) is 18.9. The Hall–Kier alpha value is -3.45. The summed E-state index contributed by atoms with van der Waals surface area (Å²) >= 11 is 1.11. The van der Waals surface area contributed by atoms with Gasteiger partial charge in [0, 0.05) is 19.4 Å². The van der Waals surface area contributed by atoms with Crippen molar-refractivity contribution in [2.75, 3.05) is 11.8 Å². The predicted molar refractivity (Wildman–Crippen MR) is 129 cm³/mol. The minimum absolute atomic E-state index is 0.189. The molecule has 2 aliphatic heterocycles. The molecule has 0 aromatic heterocycles. The number of hydrogen-bond donors (Lipinski definition) is 2. The zero-order chi connectivity index (χ0) is 26.3. The summed E-state index contributed by atoms with van der Waals surface area (Å²) in [5, 5.41) is 0. The Labute approximate surface area is 209 Å². The summed E-state index contributed by atoms with van der Waals surface area (Å²) < 4.78 is 86.6. The molecule has 4 rings (SSSR count). The minimum atomic E-state index is -4.77. The summed E-state index contributed by atoms with van der Waals surface area (Å²) in [5.41, 5.74) is -1.06. The number of carbonyl (C=O) groups is 1. The molecule has 1 amide bonds. The lowest BCUT2D eigenvalue weighted by Crippen LogP contribution is -2.31. The molecule has 2 heterocycles. The molecule has 0 fully saturated rings. The minimum Gasteiger partial charge on any atom is -0.335 e. The molecule has 2 N–H and O–H groups in total. The van der Waals surface area contributed by atoms with Crippen molar-refractivity contribution < 1.29 is 30.8 Å². The molecule has 7 nitrogen and oxygen atoms in total. The molecule has 36 heavy (non-hydrogen) atoms. The standard InChI is InChI=1S/C23H20F4N4O3S2/c1-14(15-5-8-17(24)9-6-15)30(2)22(32)18-10-7-16(23(25,26)27)12-19(18)29-36(33,34)21-4-3-11-31-20(21)13-28-35-31/h3-14,28-29H,1-2H3. The molecule has 0 spiro atoms. The van der Waals surface area contributed by atoms with E-state index in [0.29, 0.717) is 17.7 Å². The molecule has 0 saturated carbocycles. The van der Waals surface area contributed by atoms with Crippen molar-refractivity contribution in [3.63, 3.8) is 0 Å². The number of nitrogens with one attached hydrogen (secondary N) is 2. The van der Waals surface area contributed by atoms with Gasteiger partial charge in [0.25, 0.3) is 15.9 Å². The van der Waals surface area contributed by atoms with Crippen molar-refractivity contribution in [2.45, 2.75) is 19.1 Å². The van der Waals surface area contributed by atoms with Crippen molar-refractivity contribution >= 4 is 33.8 Å². The number of amides is 1. The maximum Gasteiger partial charge on any atom is 0.416 e. The van der Waals surface area contributed by atoms with Crippen molar-refractivity contribution in [3.8, 4) is 0 Å². The summed E-state index contributed by atoms with van der Waals surface area (Å²) in [5.74, 6) is -1.19. The molecule has 1 unspecified atom stereocenters. The fourth-order valence-corrected chi connectivity index (χ4v) is 5.56. The number of benzene rings is 2. The molecule has 0 bridgehead atoms. The van der Waals surface area contributed by atoms with Gasteiger partial charge in [-0.25, -0.2) is 12.8 Å². The van der Waals surface area contributed by atoms with E-state index in [4.69, 9.17) is 0 Å². The van der Waals surface area contributed by atoms with Crippen molar-refractivity contribution in [3.05, 3.63) is 100 Å². The van der Waals surface area contributed by atoms with Gasteiger partial charge in [-0.3, -0.25) is 13.8 Å². The second-order valence-electron chi connectivity index (χ2n) is 7.94. The van der Waals surface area contributed by atoms with Gasteiger partial charge in [-0.05, 0) is 55.0 Å². The number of hydrogen-bond acceptors (Lipinski definition) is 6. The SMILES string of the molecule is CC(c1ccc(F)cc1)N(C)C(=O)c1ccc(C(F)(F)F)cc1NS(=O)(=O)C1=CC=CN2SNC=C12. The van der Waals surface area contributed by atoms with Crippen LogP contribution in [0.25, 0.3) is 0 Å². The zero-order valence-corrected chi connectivity index (χ0v) is 20.5. The van der Waals surface area contributed by atoms with Crippen LogP contribution in [0, 0.1) is 5.82 Å². The molecule has 2 aliphatic rings. The molecule has 2 aromatic carbocycles. The first kappa shape index (κ1) is 25.6. The molecular weight excluding hydrogens is 520 g/mol. The number of sulfonamides is 1. The number of carbonyl (C=O) groups excluding carboxylic acids is 1. The Morgan fingerprint density at radius 2 is 1.86 bits per heavy atom. The Bertz CT molecular complexity index is 1390. The number of nitrogens with zero attached hydrogens (tertiary/aromatic N) is 2. The fourth-order valence-electron chi connectivity index (χ4n) is 3.59. The number of allylic oxidation sites excluding steroid dienone is 2. The topological polar surface area (TPSA) is 81.8 Å². The van der Waals surface area contributed by atoms with Gasteiger partial charge in [0.05, 0.1) is 40.7 Å². The van der Waals surface area contributed by atoms with E-state index in [1.807, 2.05) is 0 Å². The Kier molecular flexibility index (Phi) is 6.80. The van der Waals surface area contributed by atoms with Gasteiger partial charge < -0.3 is 9.62 Å². The smallest absolute Gasteiger partial charge is 0.335 e. The quantitative estimate of drug-likeness (QED) is 0.390. The third-order valence-corrected chi connectivity index (χ3v) is 7.82. The van der Waals surface area contributed by atoms with Gasteiger partial charge in [0.15, 0.2) is 0 Å². The highest BCUT2D eigenvalue weighted by Crippen LogP contribution is 2.37. The highest BCUT2D eigenvalue weighted by molar-refractivity contribution is 7.97. The second kappa shape index (κ2) is 9.54. The van der Waals surface area contributed by atoms with E-state index in [1.165, 1.54) is 58.9 Å². The number of fused-ring (bicyclic) bond motifs is 1. The Morgan fingerprint density at radius 1 is 1.17 bits per heavy atom. The van der Waals surface area contributed by atoms with Crippen LogP contribution in [0.2, 0.25) is 0 Å². The first-order chi connectivity index (χ1) is 16.9. The van der Waals surface area contributed by atoms with E-state index < -0.39 is 45.2 Å². The summed E-state index contributed by atoms with van der Waals surface area (Å²) in [6, 6.07) is 7.07. The van der Waals surface area contributed by atoms with Crippen LogP contribution in [-0.4, -0.2) is 30.6 Å². The molecule has 1 atom stereocenters. The van der Waals surface area contributed by atoms with Crippen LogP contribution in [0.1, 0.15) is 34.5 Å². The van der Waals surface area contributed by atoms with E-state index in [0.717, 1.165) is 18.2 Å². The lowest BCUT2D eigenvalue weighted by atomic mass is 10.0. The normalized spacial score (nSPS) is 16.0. The van der Waals surface area contributed by atoms with Crippen LogP contribution < -0.4 is 9.44 Å². The third kappa shape index (κ3) is 5.07. The molecule has 0 saturated heterocycles. The lowest BCUT2D eigenvalue weighted by Gasteiger charge is -2.27. The maximum atomic E-state index is 13.5. The fraction of sp³-hybridized carbons (Fsp3) is 0.174. The van der Waals surface area contributed by atoms with Gasteiger partial charge in [-0.15, -0.1) is 0 Å². The highest BCUT2D eigenvalue weighted by atomic mass is 32.2. The molecule has 0 aliphatic carbocycles. The van der Waals surface area contributed by atoms with Gasteiger partial charge in [-0.2, -0.15) is 13.2 Å². The summed E-state index contributed by atoms with van der Waals surface area (Å²) in [4.78, 5) is 14.4. The van der Waals surface area contributed by atoms with Gasteiger partial charge in [0.1, 0.15) is 10.7 Å². The number of anilines is 1. The summed E-state index contributed by atoms with van der Waals surface area (Å²) in [7, 11) is -2.97. The molecule has 13 heteroatoms. The van der Waals surface area contributed by atoms with E-state index in [1.54, 1.807) is 13.1 Å². The van der Waals surface area contributed by atoms with Crippen LogP contribution >= 0.6 is 12.1 Å². The van der Waals surface area contributed by atoms with Gasteiger partial charge in [0.2, 0.25) is 0 Å². The largest absolute Gasteiger partial charge is 0.416 e. The van der Waals surface area contributed by atoms with Crippen molar-refractivity contribution in [1.82, 2.24) is 13.9 Å². The van der Waals surface area contributed by atoms with Gasteiger partial charge in [-0.1, -0.05) is 12.1 Å². The molecule has 190 valence electrons. The van der Waals surface area contributed by atoms with Gasteiger partial charge >= 0.3 is 6.18 Å². The first-order valence-electron chi connectivity index (χ1n) is 10.5. The number of halogens is 4. The van der Waals surface area contributed by atoms with Crippen molar-refractivity contribution in [2.24, 2.45) is 0 Å². The number of alkyl halides is 3. The van der Waals surface area contributed by atoms with Crippen molar-refractivity contribution in [1.29, 1.82) is 0 Å². The average molecular weight is 541 g/mol.